The van der Waals surface area contributed by atoms with Crippen molar-refractivity contribution < 1.29 is 28.5 Å². The molecule has 0 saturated heterocycles. The molecule has 0 spiro atoms. The van der Waals surface area contributed by atoms with Crippen LogP contribution in [0.25, 0.3) is 16.7 Å². The number of aliphatic hydroxyl groups excluding tert-OH is 2. The van der Waals surface area contributed by atoms with Crippen LogP contribution in [0.15, 0.2) is 42.6 Å². The molecule has 8 heteroatoms. The first-order valence-electron chi connectivity index (χ1n) is 11.0. The summed E-state index contributed by atoms with van der Waals surface area (Å²) in [6, 6.07) is 9.48. The van der Waals surface area contributed by atoms with Crippen LogP contribution in [0.5, 0.6) is 0 Å². The number of benzene rings is 2. The van der Waals surface area contributed by atoms with Crippen molar-refractivity contribution >= 4 is 5.57 Å². The number of rotatable bonds is 7. The molecule has 4 rings (SSSR count). The molecule has 0 saturated carbocycles. The molecule has 2 aliphatic rings. The molecule has 1 aliphatic carbocycles. The maximum atomic E-state index is 14.4. The van der Waals surface area contributed by atoms with Crippen molar-refractivity contribution in [2.45, 2.75) is 38.5 Å². The van der Waals surface area contributed by atoms with Gasteiger partial charge in [-0.3, -0.25) is 0 Å². The number of hydrazine groups is 1. The minimum Gasteiger partial charge on any atom is -0.396 e. The molecule has 1 atom stereocenters. The van der Waals surface area contributed by atoms with Gasteiger partial charge in [0.05, 0.1) is 13.2 Å². The molecule has 178 valence electrons. The van der Waals surface area contributed by atoms with E-state index in [0.29, 0.717) is 48.2 Å². The van der Waals surface area contributed by atoms with Crippen molar-refractivity contribution in [3.8, 4) is 11.1 Å². The van der Waals surface area contributed by atoms with Crippen LogP contribution in [-0.2, 0) is 12.0 Å². The van der Waals surface area contributed by atoms with E-state index in [1.54, 1.807) is 23.3 Å². The molecule has 33 heavy (non-hydrogen) atoms. The van der Waals surface area contributed by atoms with E-state index in [4.69, 9.17) is 0 Å². The zero-order valence-electron chi connectivity index (χ0n) is 18.7. The first-order valence-corrected chi connectivity index (χ1v) is 11.0. The lowest BCUT2D eigenvalue weighted by Gasteiger charge is -2.29. The maximum absolute atomic E-state index is 14.4. The fraction of sp³-hybridized carbons (Fsp3) is 0.440. The Morgan fingerprint density at radius 3 is 2.45 bits per heavy atom. The third-order valence-corrected chi connectivity index (χ3v) is 6.57. The molecule has 0 aromatic heterocycles. The average molecular weight is 463 g/mol. The van der Waals surface area contributed by atoms with Crippen LogP contribution >= 0.6 is 0 Å². The molecule has 1 unspecified atom stereocenters. The minimum atomic E-state index is -4.90. The quantitative estimate of drug-likeness (QED) is 0.506. The topological polar surface area (TPSA) is 76.0 Å². The van der Waals surface area contributed by atoms with Crippen LogP contribution in [0, 0.1) is 5.41 Å². The van der Waals surface area contributed by atoms with E-state index in [-0.39, 0.29) is 29.8 Å². The Kier molecular flexibility index (Phi) is 6.07. The van der Waals surface area contributed by atoms with E-state index in [2.05, 4.69) is 5.43 Å². The Bertz CT molecular complexity index is 1080. The summed E-state index contributed by atoms with van der Waals surface area (Å²) in [6.07, 6.45) is -2.08. The second-order valence-electron chi connectivity index (χ2n) is 9.55. The first-order chi connectivity index (χ1) is 15.5. The summed E-state index contributed by atoms with van der Waals surface area (Å²) in [5, 5.41) is 31.8. The van der Waals surface area contributed by atoms with Crippen molar-refractivity contribution in [2.24, 2.45) is 5.41 Å². The molecule has 5 nitrogen and oxygen atoms in total. The van der Waals surface area contributed by atoms with Gasteiger partial charge in [-0.2, -0.15) is 13.2 Å². The maximum Gasteiger partial charge on any atom is 0.425 e. The van der Waals surface area contributed by atoms with Crippen molar-refractivity contribution in [1.82, 2.24) is 10.4 Å². The van der Waals surface area contributed by atoms with Crippen LogP contribution in [-0.4, -0.2) is 52.8 Å². The molecule has 0 amide bonds. The van der Waals surface area contributed by atoms with Gasteiger partial charge < -0.3 is 20.3 Å². The predicted molar refractivity (Wildman–Crippen MR) is 120 cm³/mol. The van der Waals surface area contributed by atoms with Crippen molar-refractivity contribution in [3.63, 3.8) is 0 Å². The summed E-state index contributed by atoms with van der Waals surface area (Å²) < 4.78 is 43.2. The normalized spacial score (nSPS) is 20.1. The SMILES string of the molecule is CC(C)(CO)CCc1cc(C2=CN(CCO)NC2)c2c(c1)C(O)(C(F)(F)F)c1ccccc1-2. The molecule has 4 N–H and O–H groups in total. The van der Waals surface area contributed by atoms with Gasteiger partial charge in [0.25, 0.3) is 0 Å². The Morgan fingerprint density at radius 1 is 1.06 bits per heavy atom. The molecule has 0 radical (unpaired) electrons. The Morgan fingerprint density at radius 2 is 1.79 bits per heavy atom. The fourth-order valence-corrected chi connectivity index (χ4v) is 4.59. The van der Waals surface area contributed by atoms with Gasteiger partial charge in [0.15, 0.2) is 0 Å². The lowest BCUT2D eigenvalue weighted by molar-refractivity contribution is -0.246. The Balaban J connectivity index is 1.92. The number of halogens is 3. The lowest BCUT2D eigenvalue weighted by atomic mass is 9.83. The van der Waals surface area contributed by atoms with E-state index in [9.17, 15) is 28.5 Å². The van der Waals surface area contributed by atoms with Gasteiger partial charge in [0, 0.05) is 30.5 Å². The van der Waals surface area contributed by atoms with Gasteiger partial charge in [-0.15, -0.1) is 0 Å². The van der Waals surface area contributed by atoms with Gasteiger partial charge >= 0.3 is 6.18 Å². The molecule has 1 aliphatic heterocycles. The highest BCUT2D eigenvalue weighted by molar-refractivity contribution is 5.91. The van der Waals surface area contributed by atoms with Crippen molar-refractivity contribution in [1.29, 1.82) is 0 Å². The smallest absolute Gasteiger partial charge is 0.396 e. The van der Waals surface area contributed by atoms with E-state index in [1.807, 2.05) is 19.9 Å². The second-order valence-corrected chi connectivity index (χ2v) is 9.55. The van der Waals surface area contributed by atoms with Crippen LogP contribution in [0.4, 0.5) is 13.2 Å². The van der Waals surface area contributed by atoms with Gasteiger partial charge in [-0.25, -0.2) is 5.43 Å². The molecule has 2 aromatic carbocycles. The largest absolute Gasteiger partial charge is 0.425 e. The highest BCUT2D eigenvalue weighted by Gasteiger charge is 2.61. The number of β-amino-alcohol motifs (C(OH)–C–C–N with tert-alkyl or cyclic N) is 1. The van der Waals surface area contributed by atoms with Gasteiger partial charge in [-0.1, -0.05) is 50.2 Å². The van der Waals surface area contributed by atoms with Gasteiger partial charge in [0.2, 0.25) is 5.60 Å². The summed E-state index contributed by atoms with van der Waals surface area (Å²) in [5.41, 5.74) is 2.14. The number of hydrogen-bond acceptors (Lipinski definition) is 5. The fourth-order valence-electron chi connectivity index (χ4n) is 4.59. The van der Waals surface area contributed by atoms with Crippen molar-refractivity contribution in [2.75, 3.05) is 26.3 Å². The van der Waals surface area contributed by atoms with E-state index < -0.39 is 11.8 Å². The standard InChI is InChI=1S/C25H29F3N2O3/c1-23(2,15-32)8-7-16-11-19(17-13-29-30(14-17)9-10-31)22-18-5-3-4-6-20(18)24(33,21(22)12-16)25(26,27)28/h3-6,11-12,14,29,31-33H,7-10,13,15H2,1-2H3. The summed E-state index contributed by atoms with van der Waals surface area (Å²) in [4.78, 5) is 0. The zero-order chi connectivity index (χ0) is 24.0. The Labute approximate surface area is 191 Å². The molecular formula is C25H29F3N2O3. The number of nitrogens with one attached hydrogen (secondary N) is 1. The molecular weight excluding hydrogens is 433 g/mol. The zero-order valence-corrected chi connectivity index (χ0v) is 18.7. The molecule has 2 aromatic rings. The van der Waals surface area contributed by atoms with Gasteiger partial charge in [-0.05, 0) is 46.1 Å². The van der Waals surface area contributed by atoms with E-state index in [1.165, 1.54) is 18.2 Å². The summed E-state index contributed by atoms with van der Waals surface area (Å²) in [7, 11) is 0. The average Bonchev–Trinajstić information content (AvgIpc) is 3.34. The first kappa shape index (κ1) is 23.8. The summed E-state index contributed by atoms with van der Waals surface area (Å²) >= 11 is 0. The second kappa shape index (κ2) is 8.43. The highest BCUT2D eigenvalue weighted by Crippen LogP contribution is 2.57. The number of fused-ring (bicyclic) bond motifs is 3. The number of nitrogens with zero attached hydrogens (tertiary/aromatic N) is 1. The van der Waals surface area contributed by atoms with Gasteiger partial charge in [0.1, 0.15) is 0 Å². The highest BCUT2D eigenvalue weighted by atomic mass is 19.4. The molecule has 1 heterocycles. The van der Waals surface area contributed by atoms with Crippen LogP contribution in [0.1, 0.15) is 42.5 Å². The molecule has 0 fully saturated rings. The van der Waals surface area contributed by atoms with Crippen molar-refractivity contribution in [3.05, 3.63) is 64.9 Å². The number of aliphatic hydroxyl groups is 3. The third-order valence-electron chi connectivity index (χ3n) is 6.57. The Hall–Kier alpha value is -2.39. The monoisotopic (exact) mass is 462 g/mol. The van der Waals surface area contributed by atoms with E-state index >= 15 is 0 Å². The number of hydrogen-bond donors (Lipinski definition) is 4. The summed E-state index contributed by atoms with van der Waals surface area (Å²) in [5.74, 6) is 0. The molecule has 0 bridgehead atoms. The number of aryl methyl sites for hydroxylation is 1. The minimum absolute atomic E-state index is 0.0338. The lowest BCUT2D eigenvalue weighted by Crippen LogP contribution is -2.41. The van der Waals surface area contributed by atoms with Crippen LogP contribution in [0.2, 0.25) is 0 Å². The number of alkyl halides is 3. The van der Waals surface area contributed by atoms with Crippen LogP contribution in [0.3, 0.4) is 0 Å². The third kappa shape index (κ3) is 4.05. The van der Waals surface area contributed by atoms with Crippen LogP contribution < -0.4 is 5.43 Å². The van der Waals surface area contributed by atoms with E-state index in [0.717, 1.165) is 5.57 Å². The predicted octanol–water partition coefficient (Wildman–Crippen LogP) is 3.57. The summed E-state index contributed by atoms with van der Waals surface area (Å²) in [6.45, 7) is 4.44.